The lowest BCUT2D eigenvalue weighted by molar-refractivity contribution is -0.137. The standard InChI is InChI=1S/C25H38N6O3/c32-23-24(33)31(21-5-1-2-6-21)22-17(4-3-13-26-23)16-27-25(30-22)29-19-9-7-18(8-10-19)28-20-11-14-34-15-12-20/h16,18-21,28H,1-15H2,(H,26,32)(H,27,29,30)/t18-,19-. The van der Waals surface area contributed by atoms with Crippen molar-refractivity contribution in [3.63, 3.8) is 0 Å². The maximum absolute atomic E-state index is 13.1. The topological polar surface area (TPSA) is 108 Å². The fraction of sp³-hybridized carbons (Fsp3) is 0.760. The molecule has 0 atom stereocenters. The molecule has 9 heteroatoms. The van der Waals surface area contributed by atoms with E-state index in [9.17, 15) is 9.59 Å². The Balaban J connectivity index is 1.27. The molecule has 0 radical (unpaired) electrons. The van der Waals surface area contributed by atoms with E-state index in [4.69, 9.17) is 9.72 Å². The van der Waals surface area contributed by atoms with Gasteiger partial charge in [-0.2, -0.15) is 4.98 Å². The Kier molecular flexibility index (Phi) is 7.59. The molecule has 2 aliphatic carbocycles. The van der Waals surface area contributed by atoms with Crippen molar-refractivity contribution in [3.8, 4) is 0 Å². The van der Waals surface area contributed by atoms with Gasteiger partial charge in [-0.3, -0.25) is 14.5 Å². The second-order valence-electron chi connectivity index (χ2n) is 10.3. The molecule has 1 saturated heterocycles. The number of amides is 2. The van der Waals surface area contributed by atoms with E-state index in [1.54, 1.807) is 4.90 Å². The number of aryl methyl sites for hydroxylation is 1. The predicted molar refractivity (Wildman–Crippen MR) is 130 cm³/mol. The molecule has 0 bridgehead atoms. The van der Waals surface area contributed by atoms with Crippen molar-refractivity contribution in [1.29, 1.82) is 0 Å². The van der Waals surface area contributed by atoms with Crippen LogP contribution in [0.4, 0.5) is 11.8 Å². The molecule has 186 valence electrons. The van der Waals surface area contributed by atoms with Crippen LogP contribution in [-0.4, -0.2) is 65.7 Å². The summed E-state index contributed by atoms with van der Waals surface area (Å²) in [5, 5.41) is 10.1. The summed E-state index contributed by atoms with van der Waals surface area (Å²) in [5.41, 5.74) is 0.951. The van der Waals surface area contributed by atoms with Crippen LogP contribution >= 0.6 is 0 Å². The van der Waals surface area contributed by atoms with E-state index >= 15 is 0 Å². The first kappa shape index (κ1) is 23.5. The Morgan fingerprint density at radius 3 is 2.38 bits per heavy atom. The molecule has 0 unspecified atom stereocenters. The SMILES string of the molecule is O=C1NCCCc2cnc(N[C@H]3CC[C@H](NC4CCOCC4)CC3)nc2N(C2CCCC2)C1=O. The summed E-state index contributed by atoms with van der Waals surface area (Å²) in [6.45, 7) is 2.23. The Labute approximate surface area is 201 Å². The van der Waals surface area contributed by atoms with Crippen LogP contribution in [0, 0.1) is 0 Å². The van der Waals surface area contributed by atoms with Gasteiger partial charge in [-0.25, -0.2) is 4.98 Å². The number of ether oxygens (including phenoxy) is 1. The fourth-order valence-corrected chi connectivity index (χ4v) is 5.90. The van der Waals surface area contributed by atoms with Crippen molar-refractivity contribution in [2.75, 3.05) is 30.0 Å². The van der Waals surface area contributed by atoms with Gasteiger partial charge in [0.2, 0.25) is 5.95 Å². The lowest BCUT2D eigenvalue weighted by atomic mass is 9.90. The van der Waals surface area contributed by atoms with Crippen LogP contribution in [0.1, 0.15) is 76.2 Å². The summed E-state index contributed by atoms with van der Waals surface area (Å²) in [5.74, 6) is 0.180. The number of aromatic nitrogens is 2. The smallest absolute Gasteiger partial charge is 0.317 e. The van der Waals surface area contributed by atoms with Gasteiger partial charge in [0.25, 0.3) is 0 Å². The van der Waals surface area contributed by atoms with Crippen LogP contribution in [0.15, 0.2) is 6.20 Å². The van der Waals surface area contributed by atoms with Gasteiger partial charge in [0.05, 0.1) is 0 Å². The van der Waals surface area contributed by atoms with Crippen molar-refractivity contribution in [2.24, 2.45) is 0 Å². The molecule has 2 amide bonds. The molecule has 3 heterocycles. The fourth-order valence-electron chi connectivity index (χ4n) is 5.90. The molecule has 9 nitrogen and oxygen atoms in total. The number of fused-ring (bicyclic) bond motifs is 1. The van der Waals surface area contributed by atoms with Gasteiger partial charge in [0.1, 0.15) is 5.82 Å². The number of nitrogens with one attached hydrogen (secondary N) is 3. The van der Waals surface area contributed by atoms with Crippen LogP contribution in [0.5, 0.6) is 0 Å². The molecule has 2 saturated carbocycles. The minimum Gasteiger partial charge on any atom is -0.381 e. The van der Waals surface area contributed by atoms with E-state index < -0.39 is 11.8 Å². The van der Waals surface area contributed by atoms with Crippen LogP contribution in [0.25, 0.3) is 0 Å². The Morgan fingerprint density at radius 2 is 1.62 bits per heavy atom. The Hall–Kier alpha value is -2.26. The van der Waals surface area contributed by atoms with Crippen LogP contribution in [-0.2, 0) is 20.7 Å². The van der Waals surface area contributed by atoms with Crippen LogP contribution in [0.3, 0.4) is 0 Å². The van der Waals surface area contributed by atoms with Crippen molar-refractivity contribution in [2.45, 2.75) is 101 Å². The van der Waals surface area contributed by atoms with Crippen molar-refractivity contribution in [1.82, 2.24) is 20.6 Å². The third-order valence-electron chi connectivity index (χ3n) is 7.83. The van der Waals surface area contributed by atoms with Gasteiger partial charge in [0, 0.05) is 55.7 Å². The normalized spacial score (nSPS) is 27.5. The summed E-state index contributed by atoms with van der Waals surface area (Å²) >= 11 is 0. The van der Waals surface area contributed by atoms with E-state index in [0.717, 1.165) is 95.8 Å². The zero-order valence-corrected chi connectivity index (χ0v) is 20.1. The van der Waals surface area contributed by atoms with Gasteiger partial charge >= 0.3 is 11.8 Å². The first-order valence-corrected chi connectivity index (χ1v) is 13.2. The molecular formula is C25H38N6O3. The average Bonchev–Trinajstić information content (AvgIpc) is 3.40. The summed E-state index contributed by atoms with van der Waals surface area (Å²) < 4.78 is 5.48. The first-order valence-electron chi connectivity index (χ1n) is 13.2. The molecule has 2 aliphatic heterocycles. The minimum atomic E-state index is -0.525. The molecule has 1 aromatic rings. The van der Waals surface area contributed by atoms with Crippen molar-refractivity contribution in [3.05, 3.63) is 11.8 Å². The third-order valence-corrected chi connectivity index (χ3v) is 7.83. The lowest BCUT2D eigenvalue weighted by Gasteiger charge is -2.34. The lowest BCUT2D eigenvalue weighted by Crippen LogP contribution is -2.48. The highest BCUT2D eigenvalue weighted by molar-refractivity contribution is 6.40. The quantitative estimate of drug-likeness (QED) is 0.567. The maximum Gasteiger partial charge on any atom is 0.317 e. The van der Waals surface area contributed by atoms with E-state index in [0.29, 0.717) is 36.4 Å². The molecule has 34 heavy (non-hydrogen) atoms. The van der Waals surface area contributed by atoms with Gasteiger partial charge in [-0.05, 0) is 64.2 Å². The van der Waals surface area contributed by atoms with Gasteiger partial charge in [-0.1, -0.05) is 12.8 Å². The first-order chi connectivity index (χ1) is 16.7. The Bertz CT molecular complexity index is 860. The van der Waals surface area contributed by atoms with E-state index in [2.05, 4.69) is 20.9 Å². The predicted octanol–water partition coefficient (Wildman–Crippen LogP) is 2.31. The summed E-state index contributed by atoms with van der Waals surface area (Å²) in [6.07, 6.45) is 14.0. The summed E-state index contributed by atoms with van der Waals surface area (Å²) in [6, 6.07) is 1.50. The zero-order chi connectivity index (χ0) is 23.3. The second kappa shape index (κ2) is 11.0. The molecule has 3 fully saturated rings. The molecular weight excluding hydrogens is 432 g/mol. The van der Waals surface area contributed by atoms with Gasteiger partial charge in [-0.15, -0.1) is 0 Å². The summed E-state index contributed by atoms with van der Waals surface area (Å²) in [7, 11) is 0. The van der Waals surface area contributed by atoms with Crippen LogP contribution in [0.2, 0.25) is 0 Å². The third kappa shape index (κ3) is 5.51. The van der Waals surface area contributed by atoms with E-state index in [-0.39, 0.29) is 6.04 Å². The molecule has 3 N–H and O–H groups in total. The molecule has 5 rings (SSSR count). The molecule has 0 spiro atoms. The van der Waals surface area contributed by atoms with Crippen LogP contribution < -0.4 is 20.9 Å². The number of nitrogens with zero attached hydrogens (tertiary/aromatic N) is 3. The molecule has 4 aliphatic rings. The van der Waals surface area contributed by atoms with Gasteiger partial charge in [0.15, 0.2) is 0 Å². The van der Waals surface area contributed by atoms with Crippen molar-refractivity contribution >= 4 is 23.6 Å². The molecule has 1 aromatic heterocycles. The summed E-state index contributed by atoms with van der Waals surface area (Å²) in [4.78, 5) is 36.7. The Morgan fingerprint density at radius 1 is 0.912 bits per heavy atom. The number of anilines is 2. The second-order valence-corrected chi connectivity index (χ2v) is 10.3. The van der Waals surface area contributed by atoms with E-state index in [1.807, 2.05) is 6.20 Å². The number of carbonyl (C=O) groups is 2. The van der Waals surface area contributed by atoms with Gasteiger partial charge < -0.3 is 20.7 Å². The monoisotopic (exact) mass is 470 g/mol. The highest BCUT2D eigenvalue weighted by atomic mass is 16.5. The number of carbonyl (C=O) groups excluding carboxylic acids is 2. The highest BCUT2D eigenvalue weighted by Gasteiger charge is 2.35. The molecule has 0 aromatic carbocycles. The number of rotatable bonds is 5. The van der Waals surface area contributed by atoms with E-state index in [1.165, 1.54) is 0 Å². The zero-order valence-electron chi connectivity index (χ0n) is 20.1. The average molecular weight is 471 g/mol. The number of hydrogen-bond donors (Lipinski definition) is 3. The largest absolute Gasteiger partial charge is 0.381 e. The highest BCUT2D eigenvalue weighted by Crippen LogP contribution is 2.31. The minimum absolute atomic E-state index is 0.0320. The number of hydrogen-bond acceptors (Lipinski definition) is 7. The maximum atomic E-state index is 13.1. The van der Waals surface area contributed by atoms with Crippen molar-refractivity contribution < 1.29 is 14.3 Å².